The fourth-order valence-electron chi connectivity index (χ4n) is 3.00. The molecular weight excluding hydrogens is 376 g/mol. The van der Waals surface area contributed by atoms with Crippen molar-refractivity contribution in [2.75, 3.05) is 5.32 Å². The molecule has 0 aliphatic heterocycles. The maximum atomic E-state index is 12.8. The molecule has 0 aliphatic rings. The van der Waals surface area contributed by atoms with E-state index in [-0.39, 0.29) is 5.91 Å². The Hall–Kier alpha value is -3.19. The first-order valence-electron chi connectivity index (χ1n) is 9.00. The first kappa shape index (κ1) is 18.2. The third-order valence-corrected chi connectivity index (χ3v) is 4.53. The lowest BCUT2D eigenvalue weighted by molar-refractivity contribution is -0.756. The summed E-state index contributed by atoms with van der Waals surface area (Å²) < 4.78 is 3.56. The monoisotopic (exact) mass is 395 g/mol. The minimum Gasteiger partial charge on any atom is -0.301 e. The number of halogens is 1. The summed E-state index contributed by atoms with van der Waals surface area (Å²) in [5.74, 6) is 0.962. The number of aromatic nitrogens is 5. The summed E-state index contributed by atoms with van der Waals surface area (Å²) in [5, 5.41) is 6.19. The first-order valence-corrected chi connectivity index (χ1v) is 9.38. The third-order valence-electron chi connectivity index (χ3n) is 4.24. The fourth-order valence-corrected chi connectivity index (χ4v) is 3.24. The minimum atomic E-state index is -0.321. The molecule has 28 heavy (non-hydrogen) atoms. The van der Waals surface area contributed by atoms with E-state index in [1.807, 2.05) is 47.1 Å². The number of imidazole rings is 1. The van der Waals surface area contributed by atoms with Gasteiger partial charge in [0.1, 0.15) is 10.8 Å². The lowest BCUT2D eigenvalue weighted by Gasteiger charge is -2.04. The predicted molar refractivity (Wildman–Crippen MR) is 107 cm³/mol. The number of anilines is 1. The van der Waals surface area contributed by atoms with E-state index >= 15 is 0 Å². The van der Waals surface area contributed by atoms with Crippen molar-refractivity contribution in [3.8, 4) is 11.3 Å². The van der Waals surface area contributed by atoms with Crippen molar-refractivity contribution in [2.45, 2.75) is 20.4 Å². The molecule has 1 amide bonds. The van der Waals surface area contributed by atoms with Crippen LogP contribution in [0.15, 0.2) is 55.0 Å². The van der Waals surface area contributed by atoms with Gasteiger partial charge in [-0.2, -0.15) is 10.1 Å². The molecule has 4 aromatic rings. The van der Waals surface area contributed by atoms with Gasteiger partial charge in [0.15, 0.2) is 6.54 Å². The zero-order valence-electron chi connectivity index (χ0n) is 15.6. The second-order valence-corrected chi connectivity index (χ2v) is 7.35. The normalized spacial score (nSPS) is 11.3. The molecule has 0 saturated heterocycles. The van der Waals surface area contributed by atoms with Crippen molar-refractivity contribution < 1.29 is 9.48 Å². The number of nitrogens with one attached hydrogen (secondary N) is 2. The van der Waals surface area contributed by atoms with Crippen LogP contribution in [-0.4, -0.2) is 25.4 Å². The second kappa shape index (κ2) is 7.44. The van der Waals surface area contributed by atoms with Crippen LogP contribution < -0.4 is 10.00 Å². The highest BCUT2D eigenvalue weighted by atomic mass is 35.5. The van der Waals surface area contributed by atoms with E-state index in [9.17, 15) is 4.79 Å². The number of fused-ring (bicyclic) bond motifs is 1. The predicted octanol–water partition coefficient (Wildman–Crippen LogP) is 3.57. The number of nitrogens with zero attached hydrogens (tertiary/aromatic N) is 4. The van der Waals surface area contributed by atoms with Crippen molar-refractivity contribution in [3.05, 3.63) is 65.7 Å². The van der Waals surface area contributed by atoms with Crippen LogP contribution in [0.25, 0.3) is 17.0 Å². The maximum absolute atomic E-state index is 12.8. The number of hydrogen-bond acceptors (Lipinski definition) is 3. The highest BCUT2D eigenvalue weighted by molar-refractivity contribution is 6.33. The van der Waals surface area contributed by atoms with Gasteiger partial charge in [-0.25, -0.2) is 4.98 Å². The molecule has 0 saturated carbocycles. The maximum Gasteiger partial charge on any atom is 0.325 e. The SMILES string of the molecule is CC(C)C[n+]1[nH]cc(Cl)c1C(=O)Nc1ccn2cc(-c3ccccc3)nc2n1. The van der Waals surface area contributed by atoms with Crippen LogP contribution in [0.4, 0.5) is 5.82 Å². The van der Waals surface area contributed by atoms with Gasteiger partial charge < -0.3 is 5.32 Å². The van der Waals surface area contributed by atoms with Crippen molar-refractivity contribution >= 4 is 29.1 Å². The van der Waals surface area contributed by atoms with Crippen molar-refractivity contribution in [3.63, 3.8) is 0 Å². The van der Waals surface area contributed by atoms with Gasteiger partial charge >= 0.3 is 11.6 Å². The van der Waals surface area contributed by atoms with Gasteiger partial charge in [0.2, 0.25) is 5.78 Å². The number of benzene rings is 1. The molecule has 3 aromatic heterocycles. The zero-order chi connectivity index (χ0) is 19.7. The van der Waals surface area contributed by atoms with Crippen LogP contribution in [-0.2, 0) is 6.54 Å². The highest BCUT2D eigenvalue weighted by Gasteiger charge is 2.27. The molecule has 0 atom stereocenters. The molecule has 3 heterocycles. The summed E-state index contributed by atoms with van der Waals surface area (Å²) in [6.07, 6.45) is 5.33. The van der Waals surface area contributed by atoms with Gasteiger partial charge in [0.05, 0.1) is 11.9 Å². The quantitative estimate of drug-likeness (QED) is 0.507. The number of amides is 1. The van der Waals surface area contributed by atoms with Crippen LogP contribution in [0.5, 0.6) is 0 Å². The van der Waals surface area contributed by atoms with Gasteiger partial charge in [-0.3, -0.25) is 9.20 Å². The lowest BCUT2D eigenvalue weighted by atomic mass is 10.2. The lowest BCUT2D eigenvalue weighted by Crippen LogP contribution is -2.44. The standard InChI is InChI=1S/C20H19ClN6O/c1-13(2)11-27-18(15(21)10-22-27)19(28)24-17-8-9-26-12-16(23-20(26)25-17)14-6-4-3-5-7-14/h3-10,12-13H,11H2,1-2H3,(H,23,24,25,28)/p+1. The van der Waals surface area contributed by atoms with E-state index < -0.39 is 0 Å². The summed E-state index contributed by atoms with van der Waals surface area (Å²) in [6.45, 7) is 4.80. The number of carbonyl (C=O) groups excluding carboxylic acids is 1. The number of rotatable bonds is 5. The van der Waals surface area contributed by atoms with E-state index in [1.165, 1.54) is 0 Å². The molecule has 4 rings (SSSR count). The summed E-state index contributed by atoms with van der Waals surface area (Å²) in [5.41, 5.74) is 2.21. The van der Waals surface area contributed by atoms with Crippen LogP contribution in [0, 0.1) is 5.92 Å². The Bertz CT molecular complexity index is 1130. The van der Waals surface area contributed by atoms with E-state index in [2.05, 4.69) is 34.2 Å². The average molecular weight is 396 g/mol. The van der Waals surface area contributed by atoms with Gasteiger partial charge in [0, 0.05) is 23.9 Å². The molecule has 0 fully saturated rings. The van der Waals surface area contributed by atoms with Gasteiger partial charge in [-0.05, 0) is 6.07 Å². The zero-order valence-corrected chi connectivity index (χ0v) is 16.3. The number of H-pyrrole nitrogens is 1. The first-order chi connectivity index (χ1) is 13.5. The fraction of sp³-hybridized carbons (Fsp3) is 0.200. The van der Waals surface area contributed by atoms with E-state index in [4.69, 9.17) is 11.6 Å². The molecule has 0 spiro atoms. The van der Waals surface area contributed by atoms with Gasteiger partial charge in [-0.1, -0.05) is 55.8 Å². The number of aromatic amines is 1. The molecule has 0 unspecified atom stereocenters. The third kappa shape index (κ3) is 3.61. The molecule has 8 heteroatoms. The topological polar surface area (TPSA) is 79.0 Å². The Kier molecular flexibility index (Phi) is 4.83. The van der Waals surface area contributed by atoms with E-state index in [0.717, 1.165) is 11.3 Å². The van der Waals surface area contributed by atoms with Crippen LogP contribution >= 0.6 is 11.6 Å². The summed E-state index contributed by atoms with van der Waals surface area (Å²) in [7, 11) is 0. The number of hydrogen-bond donors (Lipinski definition) is 2. The van der Waals surface area contributed by atoms with Crippen molar-refractivity contribution in [2.24, 2.45) is 5.92 Å². The Morgan fingerprint density at radius 2 is 2.04 bits per heavy atom. The minimum absolute atomic E-state index is 0.321. The van der Waals surface area contributed by atoms with Crippen molar-refractivity contribution in [1.29, 1.82) is 0 Å². The van der Waals surface area contributed by atoms with Crippen LogP contribution in [0.1, 0.15) is 24.3 Å². The summed E-state index contributed by atoms with van der Waals surface area (Å²) in [4.78, 5) is 21.8. The highest BCUT2D eigenvalue weighted by Crippen LogP contribution is 2.19. The van der Waals surface area contributed by atoms with Crippen LogP contribution in [0.3, 0.4) is 0 Å². The molecular formula is C20H20ClN6O+. The molecule has 0 radical (unpaired) electrons. The molecule has 1 aromatic carbocycles. The van der Waals surface area contributed by atoms with Crippen LogP contribution in [0.2, 0.25) is 5.02 Å². The van der Waals surface area contributed by atoms with Gasteiger partial charge in [0.25, 0.3) is 0 Å². The van der Waals surface area contributed by atoms with Gasteiger partial charge in [-0.15, -0.1) is 4.68 Å². The molecule has 2 N–H and O–H groups in total. The van der Waals surface area contributed by atoms with E-state index in [1.54, 1.807) is 16.9 Å². The largest absolute Gasteiger partial charge is 0.325 e. The Balaban J connectivity index is 1.60. The molecule has 7 nitrogen and oxygen atoms in total. The Labute approximate surface area is 167 Å². The molecule has 142 valence electrons. The molecule has 0 bridgehead atoms. The van der Waals surface area contributed by atoms with E-state index in [0.29, 0.717) is 34.8 Å². The number of carbonyl (C=O) groups is 1. The van der Waals surface area contributed by atoms with Crippen molar-refractivity contribution in [1.82, 2.24) is 19.5 Å². The summed E-state index contributed by atoms with van der Waals surface area (Å²) in [6, 6.07) is 11.6. The average Bonchev–Trinajstić information content (AvgIpc) is 3.25. The molecule has 0 aliphatic carbocycles. The summed E-state index contributed by atoms with van der Waals surface area (Å²) >= 11 is 6.21. The second-order valence-electron chi connectivity index (χ2n) is 6.94. The Morgan fingerprint density at radius 1 is 1.25 bits per heavy atom. The Morgan fingerprint density at radius 3 is 2.79 bits per heavy atom. The smallest absolute Gasteiger partial charge is 0.301 e.